The summed E-state index contributed by atoms with van der Waals surface area (Å²) >= 11 is 0. The second-order valence-corrected chi connectivity index (χ2v) is 5.68. The monoisotopic (exact) mass is 199 g/mol. The molecule has 1 saturated heterocycles. The van der Waals surface area contributed by atoms with E-state index in [4.69, 9.17) is 4.74 Å². The Morgan fingerprint density at radius 2 is 2.00 bits per heavy atom. The van der Waals surface area contributed by atoms with Gasteiger partial charge in [0, 0.05) is 20.2 Å². The van der Waals surface area contributed by atoms with Crippen molar-refractivity contribution in [2.24, 2.45) is 10.8 Å². The van der Waals surface area contributed by atoms with Crippen LogP contribution in [0.4, 0.5) is 0 Å². The minimum atomic E-state index is 0.281. The minimum Gasteiger partial charge on any atom is -0.380 e. The molecule has 2 heteroatoms. The molecular weight excluding hydrogens is 174 g/mol. The van der Waals surface area contributed by atoms with Crippen molar-refractivity contribution in [1.82, 2.24) is 5.32 Å². The Morgan fingerprint density at radius 3 is 2.50 bits per heavy atom. The van der Waals surface area contributed by atoms with Gasteiger partial charge in [0.2, 0.25) is 0 Å². The predicted octanol–water partition coefficient (Wildman–Crippen LogP) is 2.44. The first kappa shape index (κ1) is 12.0. The van der Waals surface area contributed by atoms with E-state index in [1.807, 2.05) is 7.11 Å². The van der Waals surface area contributed by atoms with Crippen molar-refractivity contribution in [3.63, 3.8) is 0 Å². The van der Waals surface area contributed by atoms with Crippen LogP contribution in [-0.2, 0) is 4.74 Å². The summed E-state index contributed by atoms with van der Waals surface area (Å²) in [4.78, 5) is 0. The van der Waals surface area contributed by atoms with E-state index in [1.54, 1.807) is 0 Å². The van der Waals surface area contributed by atoms with Crippen LogP contribution in [-0.4, -0.2) is 26.3 Å². The SMILES string of the molecule is CCC1(C)CNCC(OC)C(C)(C)C1. The molecule has 1 heterocycles. The zero-order valence-corrected chi connectivity index (χ0v) is 10.3. The van der Waals surface area contributed by atoms with Gasteiger partial charge in [-0.15, -0.1) is 0 Å². The van der Waals surface area contributed by atoms with E-state index < -0.39 is 0 Å². The Kier molecular flexibility index (Phi) is 3.59. The van der Waals surface area contributed by atoms with Gasteiger partial charge in [-0.1, -0.05) is 27.7 Å². The molecule has 1 aliphatic heterocycles. The molecule has 1 fully saturated rings. The van der Waals surface area contributed by atoms with Crippen molar-refractivity contribution < 1.29 is 4.74 Å². The maximum absolute atomic E-state index is 5.56. The summed E-state index contributed by atoms with van der Waals surface area (Å²) in [5.74, 6) is 0. The lowest BCUT2D eigenvalue weighted by Gasteiger charge is -2.37. The number of ether oxygens (including phenoxy) is 1. The van der Waals surface area contributed by atoms with Crippen LogP contribution in [0.2, 0.25) is 0 Å². The van der Waals surface area contributed by atoms with Crippen LogP contribution in [0.3, 0.4) is 0 Å². The molecule has 0 aliphatic carbocycles. The van der Waals surface area contributed by atoms with Gasteiger partial charge in [-0.3, -0.25) is 0 Å². The summed E-state index contributed by atoms with van der Waals surface area (Å²) in [6, 6.07) is 0. The molecule has 0 aromatic rings. The average molecular weight is 199 g/mol. The Hall–Kier alpha value is -0.0800. The van der Waals surface area contributed by atoms with Crippen molar-refractivity contribution >= 4 is 0 Å². The van der Waals surface area contributed by atoms with Crippen LogP contribution in [0.25, 0.3) is 0 Å². The van der Waals surface area contributed by atoms with Gasteiger partial charge in [-0.25, -0.2) is 0 Å². The standard InChI is InChI=1S/C12H25NO/c1-6-12(4)8-11(2,3)10(14-5)7-13-9-12/h10,13H,6-9H2,1-5H3. The van der Waals surface area contributed by atoms with Gasteiger partial charge in [0.1, 0.15) is 0 Å². The van der Waals surface area contributed by atoms with Crippen LogP contribution in [0.5, 0.6) is 0 Å². The summed E-state index contributed by atoms with van der Waals surface area (Å²) in [6.45, 7) is 11.4. The van der Waals surface area contributed by atoms with Gasteiger partial charge in [-0.2, -0.15) is 0 Å². The van der Waals surface area contributed by atoms with E-state index in [0.29, 0.717) is 11.5 Å². The maximum Gasteiger partial charge on any atom is 0.0746 e. The minimum absolute atomic E-state index is 0.281. The molecule has 84 valence electrons. The van der Waals surface area contributed by atoms with Gasteiger partial charge in [-0.05, 0) is 23.7 Å². The lowest BCUT2D eigenvalue weighted by molar-refractivity contribution is -0.00156. The first-order valence-electron chi connectivity index (χ1n) is 5.67. The van der Waals surface area contributed by atoms with Gasteiger partial charge in [0.15, 0.2) is 0 Å². The van der Waals surface area contributed by atoms with Gasteiger partial charge < -0.3 is 10.1 Å². The quantitative estimate of drug-likeness (QED) is 0.737. The van der Waals surface area contributed by atoms with Crippen LogP contribution in [0, 0.1) is 10.8 Å². The molecule has 0 aromatic heterocycles. The summed E-state index contributed by atoms with van der Waals surface area (Å²) in [6.07, 6.45) is 2.82. The topological polar surface area (TPSA) is 21.3 Å². The van der Waals surface area contributed by atoms with E-state index in [2.05, 4.69) is 33.0 Å². The number of rotatable bonds is 2. The Labute approximate surface area is 88.4 Å². The van der Waals surface area contributed by atoms with Crippen molar-refractivity contribution in [3.8, 4) is 0 Å². The third kappa shape index (κ3) is 2.48. The van der Waals surface area contributed by atoms with Crippen molar-refractivity contribution in [1.29, 1.82) is 0 Å². The Balaban J connectivity index is 2.78. The third-order valence-electron chi connectivity index (χ3n) is 3.77. The summed E-state index contributed by atoms with van der Waals surface area (Å²) in [5, 5.41) is 3.52. The maximum atomic E-state index is 5.56. The molecule has 0 radical (unpaired) electrons. The lowest BCUT2D eigenvalue weighted by atomic mass is 9.71. The molecule has 2 unspecified atom stereocenters. The van der Waals surface area contributed by atoms with Crippen molar-refractivity contribution in [2.75, 3.05) is 20.2 Å². The number of nitrogens with one attached hydrogen (secondary N) is 1. The van der Waals surface area contributed by atoms with E-state index in [1.165, 1.54) is 12.8 Å². The fourth-order valence-electron chi connectivity index (χ4n) is 2.71. The Bertz CT molecular complexity index is 191. The first-order valence-corrected chi connectivity index (χ1v) is 5.67. The normalized spacial score (nSPS) is 37.9. The summed E-state index contributed by atoms with van der Waals surface area (Å²) in [7, 11) is 1.82. The van der Waals surface area contributed by atoms with E-state index in [9.17, 15) is 0 Å². The fourth-order valence-corrected chi connectivity index (χ4v) is 2.71. The van der Waals surface area contributed by atoms with Crippen LogP contribution < -0.4 is 5.32 Å². The van der Waals surface area contributed by atoms with Crippen LogP contribution >= 0.6 is 0 Å². The molecule has 1 rings (SSSR count). The van der Waals surface area contributed by atoms with E-state index in [-0.39, 0.29) is 5.41 Å². The molecule has 2 atom stereocenters. The molecule has 0 bridgehead atoms. The molecule has 1 aliphatic rings. The largest absolute Gasteiger partial charge is 0.380 e. The molecular formula is C12H25NO. The van der Waals surface area contributed by atoms with Crippen LogP contribution in [0.1, 0.15) is 40.5 Å². The fraction of sp³-hybridized carbons (Fsp3) is 1.00. The van der Waals surface area contributed by atoms with Gasteiger partial charge in [0.25, 0.3) is 0 Å². The van der Waals surface area contributed by atoms with E-state index >= 15 is 0 Å². The molecule has 0 saturated carbocycles. The third-order valence-corrected chi connectivity index (χ3v) is 3.77. The smallest absolute Gasteiger partial charge is 0.0746 e. The Morgan fingerprint density at radius 1 is 1.36 bits per heavy atom. The highest BCUT2D eigenvalue weighted by Crippen LogP contribution is 2.40. The average Bonchev–Trinajstić information content (AvgIpc) is 2.21. The highest BCUT2D eigenvalue weighted by Gasteiger charge is 2.39. The molecule has 0 aromatic carbocycles. The van der Waals surface area contributed by atoms with Crippen molar-refractivity contribution in [3.05, 3.63) is 0 Å². The zero-order valence-electron chi connectivity index (χ0n) is 10.3. The summed E-state index contributed by atoms with van der Waals surface area (Å²) in [5.41, 5.74) is 0.708. The second-order valence-electron chi connectivity index (χ2n) is 5.68. The lowest BCUT2D eigenvalue weighted by Crippen LogP contribution is -2.37. The molecule has 2 nitrogen and oxygen atoms in total. The highest BCUT2D eigenvalue weighted by atomic mass is 16.5. The van der Waals surface area contributed by atoms with E-state index in [0.717, 1.165) is 13.1 Å². The number of methoxy groups -OCH3 is 1. The highest BCUT2D eigenvalue weighted by molar-refractivity contribution is 4.92. The van der Waals surface area contributed by atoms with Gasteiger partial charge in [0.05, 0.1) is 6.10 Å². The molecule has 1 N–H and O–H groups in total. The molecule has 0 amide bonds. The second kappa shape index (κ2) is 4.19. The molecule has 0 spiro atoms. The number of hydrogen-bond acceptors (Lipinski definition) is 2. The molecule has 14 heavy (non-hydrogen) atoms. The zero-order chi connectivity index (χ0) is 10.8. The van der Waals surface area contributed by atoms with Crippen LogP contribution in [0.15, 0.2) is 0 Å². The summed E-state index contributed by atoms with van der Waals surface area (Å²) < 4.78 is 5.56. The van der Waals surface area contributed by atoms with Crippen molar-refractivity contribution in [2.45, 2.75) is 46.6 Å². The van der Waals surface area contributed by atoms with Gasteiger partial charge >= 0.3 is 0 Å². The predicted molar refractivity (Wildman–Crippen MR) is 60.5 cm³/mol. The number of hydrogen-bond donors (Lipinski definition) is 1. The first-order chi connectivity index (χ1) is 6.43.